The molecule has 2 aromatic heterocycles. The van der Waals surface area contributed by atoms with Crippen LogP contribution in [0.1, 0.15) is 11.1 Å². The maximum Gasteiger partial charge on any atom is 0.241 e. The van der Waals surface area contributed by atoms with Crippen LogP contribution in [0.25, 0.3) is 11.3 Å². The van der Waals surface area contributed by atoms with Crippen LogP contribution in [-0.4, -0.2) is 18.4 Å². The smallest absolute Gasteiger partial charge is 0.241 e. The van der Waals surface area contributed by atoms with E-state index in [9.17, 15) is 8.42 Å². The number of rotatable bonds is 5. The van der Waals surface area contributed by atoms with E-state index in [-0.39, 0.29) is 11.4 Å². The summed E-state index contributed by atoms with van der Waals surface area (Å²) < 4.78 is 27.9. The highest BCUT2D eigenvalue weighted by Gasteiger charge is 2.18. The number of aromatic nitrogens is 2. The van der Waals surface area contributed by atoms with Gasteiger partial charge in [0.1, 0.15) is 0 Å². The fourth-order valence-corrected chi connectivity index (χ4v) is 3.98. The molecule has 0 unspecified atom stereocenters. The Balaban J connectivity index is 1.89. The van der Waals surface area contributed by atoms with E-state index in [4.69, 9.17) is 11.6 Å². The molecule has 0 aliphatic heterocycles. The van der Waals surface area contributed by atoms with Crippen LogP contribution in [-0.2, 0) is 16.6 Å². The van der Waals surface area contributed by atoms with Crippen molar-refractivity contribution in [2.45, 2.75) is 18.4 Å². The van der Waals surface area contributed by atoms with Gasteiger partial charge in [0.05, 0.1) is 10.6 Å². The van der Waals surface area contributed by atoms with Crippen LogP contribution in [0, 0.1) is 6.92 Å². The third-order valence-electron chi connectivity index (χ3n) is 3.81. The molecule has 2 heterocycles. The maximum absolute atomic E-state index is 12.6. The maximum atomic E-state index is 12.6. The number of benzene rings is 1. The first-order chi connectivity index (χ1) is 12.0. The van der Waals surface area contributed by atoms with E-state index >= 15 is 0 Å². The molecule has 5 nitrogen and oxygen atoms in total. The third kappa shape index (κ3) is 3.87. The monoisotopic (exact) mass is 373 g/mol. The van der Waals surface area contributed by atoms with E-state index in [2.05, 4.69) is 14.7 Å². The second-order valence-corrected chi connectivity index (χ2v) is 7.58. The Kier molecular flexibility index (Phi) is 5.13. The predicted octanol–water partition coefficient (Wildman–Crippen LogP) is 3.58. The van der Waals surface area contributed by atoms with Gasteiger partial charge in [-0.25, -0.2) is 13.1 Å². The number of hydrogen-bond donors (Lipinski definition) is 1. The first kappa shape index (κ1) is 17.5. The predicted molar refractivity (Wildman–Crippen MR) is 97.7 cm³/mol. The molecule has 0 aliphatic carbocycles. The summed E-state index contributed by atoms with van der Waals surface area (Å²) in [5.41, 5.74) is 2.90. The molecule has 1 aromatic carbocycles. The molecule has 128 valence electrons. The number of pyridine rings is 2. The Labute approximate surface area is 151 Å². The van der Waals surface area contributed by atoms with Crippen molar-refractivity contribution in [3.63, 3.8) is 0 Å². The number of sulfonamides is 1. The molecule has 0 fully saturated rings. The summed E-state index contributed by atoms with van der Waals surface area (Å²) in [6.07, 6.45) is 5.02. The molecular weight excluding hydrogens is 358 g/mol. The topological polar surface area (TPSA) is 72.0 Å². The van der Waals surface area contributed by atoms with Crippen LogP contribution in [0.4, 0.5) is 0 Å². The molecule has 0 aliphatic rings. The Morgan fingerprint density at radius 3 is 2.56 bits per heavy atom. The standard InChI is InChI=1S/C18H16ClN3O2S/c1-13-16(19)5-2-6-17(13)25(23,24)22-12-15-4-3-9-21-18(15)14-7-10-20-11-8-14/h2-11,22H,12H2,1H3. The van der Waals surface area contributed by atoms with Gasteiger partial charge in [0.2, 0.25) is 10.0 Å². The van der Waals surface area contributed by atoms with Gasteiger partial charge >= 0.3 is 0 Å². The summed E-state index contributed by atoms with van der Waals surface area (Å²) in [6.45, 7) is 1.81. The van der Waals surface area contributed by atoms with E-state index < -0.39 is 10.0 Å². The number of nitrogens with one attached hydrogen (secondary N) is 1. The van der Waals surface area contributed by atoms with Gasteiger partial charge in [0.25, 0.3) is 0 Å². The average Bonchev–Trinajstić information content (AvgIpc) is 2.63. The lowest BCUT2D eigenvalue weighted by atomic mass is 10.1. The number of hydrogen-bond acceptors (Lipinski definition) is 4. The molecule has 0 bridgehead atoms. The second kappa shape index (κ2) is 7.31. The Bertz CT molecular complexity index is 992. The van der Waals surface area contributed by atoms with Gasteiger partial charge in [-0.1, -0.05) is 23.7 Å². The molecule has 0 spiro atoms. The lowest BCUT2D eigenvalue weighted by molar-refractivity contribution is 0.580. The molecule has 3 aromatic rings. The molecule has 7 heteroatoms. The lowest BCUT2D eigenvalue weighted by Crippen LogP contribution is -2.24. The summed E-state index contributed by atoms with van der Waals surface area (Å²) in [6, 6.07) is 12.1. The van der Waals surface area contributed by atoms with Crippen molar-refractivity contribution >= 4 is 21.6 Å². The van der Waals surface area contributed by atoms with Gasteiger partial charge in [-0.2, -0.15) is 0 Å². The fourth-order valence-electron chi connectivity index (χ4n) is 2.48. The Hall–Kier alpha value is -2.28. The van der Waals surface area contributed by atoms with Crippen LogP contribution in [0.5, 0.6) is 0 Å². The largest absolute Gasteiger partial charge is 0.265 e. The summed E-state index contributed by atoms with van der Waals surface area (Å²) in [5, 5.41) is 0.418. The van der Waals surface area contributed by atoms with Gasteiger partial charge in [0.15, 0.2) is 0 Å². The molecule has 0 saturated heterocycles. The normalized spacial score (nSPS) is 11.4. The van der Waals surface area contributed by atoms with Crippen molar-refractivity contribution in [1.29, 1.82) is 0 Å². The lowest BCUT2D eigenvalue weighted by Gasteiger charge is -2.12. The molecule has 25 heavy (non-hydrogen) atoms. The van der Waals surface area contributed by atoms with Crippen LogP contribution in [0.15, 0.2) is 66.0 Å². The highest BCUT2D eigenvalue weighted by molar-refractivity contribution is 7.89. The van der Waals surface area contributed by atoms with E-state index in [1.165, 1.54) is 6.07 Å². The van der Waals surface area contributed by atoms with Crippen LogP contribution in [0.2, 0.25) is 5.02 Å². The van der Waals surface area contributed by atoms with Crippen molar-refractivity contribution in [1.82, 2.24) is 14.7 Å². The second-order valence-electron chi connectivity index (χ2n) is 5.43. The van der Waals surface area contributed by atoms with Gasteiger partial charge in [0, 0.05) is 35.7 Å². The zero-order valence-electron chi connectivity index (χ0n) is 13.5. The van der Waals surface area contributed by atoms with E-state index in [1.54, 1.807) is 43.7 Å². The quantitative estimate of drug-likeness (QED) is 0.741. The fraction of sp³-hybridized carbons (Fsp3) is 0.111. The van der Waals surface area contributed by atoms with E-state index in [0.29, 0.717) is 10.6 Å². The summed E-state index contributed by atoms with van der Waals surface area (Å²) in [7, 11) is -3.69. The van der Waals surface area contributed by atoms with E-state index in [0.717, 1.165) is 16.8 Å². The van der Waals surface area contributed by atoms with Gasteiger partial charge in [-0.3, -0.25) is 9.97 Å². The minimum Gasteiger partial charge on any atom is -0.265 e. The van der Waals surface area contributed by atoms with Crippen LogP contribution >= 0.6 is 11.6 Å². The average molecular weight is 374 g/mol. The molecule has 0 amide bonds. The van der Waals surface area contributed by atoms with Crippen LogP contribution in [0.3, 0.4) is 0 Å². The molecule has 0 atom stereocenters. The van der Waals surface area contributed by atoms with Crippen molar-refractivity contribution in [3.8, 4) is 11.3 Å². The van der Waals surface area contributed by atoms with Crippen molar-refractivity contribution in [2.24, 2.45) is 0 Å². The Morgan fingerprint density at radius 2 is 1.80 bits per heavy atom. The van der Waals surface area contributed by atoms with Crippen molar-refractivity contribution in [2.75, 3.05) is 0 Å². The van der Waals surface area contributed by atoms with Gasteiger partial charge < -0.3 is 0 Å². The highest BCUT2D eigenvalue weighted by atomic mass is 35.5. The first-order valence-corrected chi connectivity index (χ1v) is 9.44. The SMILES string of the molecule is Cc1c(Cl)cccc1S(=O)(=O)NCc1cccnc1-c1ccncc1. The Morgan fingerprint density at radius 1 is 1.04 bits per heavy atom. The first-order valence-electron chi connectivity index (χ1n) is 7.58. The highest BCUT2D eigenvalue weighted by Crippen LogP contribution is 2.24. The van der Waals surface area contributed by atoms with Crippen molar-refractivity contribution < 1.29 is 8.42 Å². The number of halogens is 1. The molecule has 0 radical (unpaired) electrons. The minimum absolute atomic E-state index is 0.125. The van der Waals surface area contributed by atoms with Gasteiger partial charge in [-0.05, 0) is 48.4 Å². The molecular formula is C18H16ClN3O2S. The van der Waals surface area contributed by atoms with Gasteiger partial charge in [-0.15, -0.1) is 0 Å². The molecule has 3 rings (SSSR count). The summed E-state index contributed by atoms with van der Waals surface area (Å²) >= 11 is 6.03. The summed E-state index contributed by atoms with van der Waals surface area (Å²) in [5.74, 6) is 0. The third-order valence-corrected chi connectivity index (χ3v) is 5.76. The van der Waals surface area contributed by atoms with Crippen LogP contribution < -0.4 is 4.72 Å². The molecule has 1 N–H and O–H groups in total. The zero-order chi connectivity index (χ0) is 17.9. The summed E-state index contributed by atoms with van der Waals surface area (Å²) in [4.78, 5) is 8.54. The van der Waals surface area contributed by atoms with E-state index in [1.807, 2.05) is 18.2 Å². The number of nitrogens with zero attached hydrogens (tertiary/aromatic N) is 2. The minimum atomic E-state index is -3.69. The molecule has 0 saturated carbocycles. The zero-order valence-corrected chi connectivity index (χ0v) is 15.1. The van der Waals surface area contributed by atoms with Crippen molar-refractivity contribution in [3.05, 3.63) is 77.2 Å².